The minimum Gasteiger partial charge on any atom is -0.352 e. The highest BCUT2D eigenvalue weighted by molar-refractivity contribution is 7.92. The molecule has 0 aliphatic heterocycles. The molecule has 0 saturated heterocycles. The van der Waals surface area contributed by atoms with Gasteiger partial charge in [0.1, 0.15) is 12.6 Å². The molecule has 2 amide bonds. The van der Waals surface area contributed by atoms with E-state index < -0.39 is 28.5 Å². The number of carbonyl (C=O) groups is 2. The Hall–Kier alpha value is -2.78. The van der Waals surface area contributed by atoms with Crippen molar-refractivity contribution in [3.05, 3.63) is 99.0 Å². The van der Waals surface area contributed by atoms with E-state index in [4.69, 9.17) is 34.8 Å². The Morgan fingerprint density at radius 1 is 0.902 bits per heavy atom. The van der Waals surface area contributed by atoms with Crippen molar-refractivity contribution < 1.29 is 18.0 Å². The Bertz CT molecular complexity index is 1460. The molecule has 1 fully saturated rings. The van der Waals surface area contributed by atoms with E-state index >= 15 is 0 Å². The first-order valence-corrected chi connectivity index (χ1v) is 16.3. The Morgan fingerprint density at radius 2 is 1.56 bits per heavy atom. The Balaban J connectivity index is 1.73. The van der Waals surface area contributed by atoms with Gasteiger partial charge in [-0.2, -0.15) is 0 Å². The van der Waals surface area contributed by atoms with Crippen LogP contribution in [0, 0.1) is 0 Å². The van der Waals surface area contributed by atoms with Crippen LogP contribution < -0.4 is 9.62 Å². The number of rotatable bonds is 11. The second kappa shape index (κ2) is 13.9. The molecule has 1 atom stereocenters. The van der Waals surface area contributed by atoms with Crippen LogP contribution in [0.15, 0.2) is 72.8 Å². The third kappa shape index (κ3) is 8.61. The van der Waals surface area contributed by atoms with Crippen LogP contribution in [0.1, 0.15) is 36.8 Å². The Kier molecular flexibility index (Phi) is 10.6. The third-order valence-corrected chi connectivity index (χ3v) is 9.23. The van der Waals surface area contributed by atoms with E-state index in [2.05, 4.69) is 5.32 Å². The smallest absolute Gasteiger partial charge is 0.244 e. The zero-order valence-electron chi connectivity index (χ0n) is 22.6. The molecule has 0 aromatic heterocycles. The lowest BCUT2D eigenvalue weighted by Gasteiger charge is -2.34. The van der Waals surface area contributed by atoms with Crippen LogP contribution in [0.3, 0.4) is 0 Å². The summed E-state index contributed by atoms with van der Waals surface area (Å²) in [7, 11) is -3.86. The SMILES string of the molecule is CS(=O)(=O)N(CC(=O)N(Cc1ccc(Cl)c(Cl)c1)[C@H](Cc1ccccc1)C(=O)NC1CCCC1)c1ccc(Cl)cc1. The summed E-state index contributed by atoms with van der Waals surface area (Å²) in [5, 5.41) is 4.24. The number of halogens is 3. The molecule has 7 nitrogen and oxygen atoms in total. The molecule has 0 radical (unpaired) electrons. The summed E-state index contributed by atoms with van der Waals surface area (Å²) in [6.07, 6.45) is 5.10. The van der Waals surface area contributed by atoms with Crippen molar-refractivity contribution in [1.82, 2.24) is 10.2 Å². The van der Waals surface area contributed by atoms with Crippen LogP contribution in [0.25, 0.3) is 0 Å². The molecular weight excluding hydrogens is 605 g/mol. The third-order valence-electron chi connectivity index (χ3n) is 7.10. The molecule has 11 heteroatoms. The predicted octanol–water partition coefficient (Wildman–Crippen LogP) is 6.11. The monoisotopic (exact) mass is 635 g/mol. The number of sulfonamides is 1. The van der Waals surface area contributed by atoms with E-state index in [9.17, 15) is 18.0 Å². The maximum Gasteiger partial charge on any atom is 0.244 e. The van der Waals surface area contributed by atoms with Crippen LogP contribution in [0.4, 0.5) is 5.69 Å². The molecule has 0 unspecified atom stereocenters. The van der Waals surface area contributed by atoms with Gasteiger partial charge in [-0.25, -0.2) is 8.42 Å². The molecule has 218 valence electrons. The van der Waals surface area contributed by atoms with Gasteiger partial charge in [0.05, 0.1) is 22.0 Å². The van der Waals surface area contributed by atoms with Gasteiger partial charge in [-0.15, -0.1) is 0 Å². The predicted molar refractivity (Wildman–Crippen MR) is 165 cm³/mol. The molecule has 1 aliphatic rings. The molecule has 3 aromatic carbocycles. The van der Waals surface area contributed by atoms with Gasteiger partial charge < -0.3 is 10.2 Å². The van der Waals surface area contributed by atoms with Gasteiger partial charge in [-0.1, -0.05) is 84.0 Å². The highest BCUT2D eigenvalue weighted by atomic mass is 35.5. The lowest BCUT2D eigenvalue weighted by atomic mass is 10.0. The molecule has 4 rings (SSSR count). The summed E-state index contributed by atoms with van der Waals surface area (Å²) < 4.78 is 26.7. The highest BCUT2D eigenvalue weighted by Gasteiger charge is 2.34. The zero-order valence-corrected chi connectivity index (χ0v) is 25.7. The molecule has 1 N–H and O–H groups in total. The van der Waals surface area contributed by atoms with Gasteiger partial charge in [0.15, 0.2) is 0 Å². The number of benzene rings is 3. The number of amides is 2. The van der Waals surface area contributed by atoms with Crippen molar-refractivity contribution >= 4 is 62.3 Å². The van der Waals surface area contributed by atoms with Crippen molar-refractivity contribution in [2.24, 2.45) is 0 Å². The van der Waals surface area contributed by atoms with Crippen molar-refractivity contribution in [2.75, 3.05) is 17.1 Å². The van der Waals surface area contributed by atoms with Gasteiger partial charge in [0.25, 0.3) is 0 Å². The average Bonchev–Trinajstić information content (AvgIpc) is 3.44. The highest BCUT2D eigenvalue weighted by Crippen LogP contribution is 2.26. The molecule has 3 aromatic rings. The fraction of sp³-hybridized carbons (Fsp3) is 0.333. The minimum absolute atomic E-state index is 0.0174. The van der Waals surface area contributed by atoms with Crippen molar-refractivity contribution in [2.45, 2.75) is 50.7 Å². The second-order valence-electron chi connectivity index (χ2n) is 10.2. The van der Waals surface area contributed by atoms with Crippen molar-refractivity contribution in [3.63, 3.8) is 0 Å². The number of anilines is 1. The van der Waals surface area contributed by atoms with E-state index in [1.165, 1.54) is 17.0 Å². The first-order valence-electron chi connectivity index (χ1n) is 13.3. The summed E-state index contributed by atoms with van der Waals surface area (Å²) in [6, 6.07) is 19.7. The van der Waals surface area contributed by atoms with Gasteiger partial charge in [-0.05, 0) is 60.4 Å². The fourth-order valence-electron chi connectivity index (χ4n) is 4.98. The summed E-state index contributed by atoms with van der Waals surface area (Å²) in [5.74, 6) is -0.828. The standard InChI is InChI=1S/C30H32Cl3N3O4S/c1-41(39,40)36(25-14-12-23(31)13-15-25)20-29(37)35(19-22-11-16-26(32)27(33)17-22)28(18-21-7-3-2-4-8-21)30(38)34-24-9-5-6-10-24/h2-4,7-8,11-17,24,28H,5-6,9-10,18-20H2,1H3,(H,34,38)/t28-/m1/s1. The number of hydrogen-bond donors (Lipinski definition) is 1. The number of carbonyl (C=O) groups excluding carboxylic acids is 2. The normalized spacial score (nSPS) is 14.4. The maximum absolute atomic E-state index is 14.1. The van der Waals surface area contributed by atoms with Crippen LogP contribution >= 0.6 is 34.8 Å². The minimum atomic E-state index is -3.86. The van der Waals surface area contributed by atoms with E-state index in [1.54, 1.807) is 30.3 Å². The van der Waals surface area contributed by atoms with E-state index in [0.717, 1.165) is 41.8 Å². The second-order valence-corrected chi connectivity index (χ2v) is 13.4. The summed E-state index contributed by atoms with van der Waals surface area (Å²) in [5.41, 5.74) is 1.80. The van der Waals surface area contributed by atoms with Crippen LogP contribution in [-0.2, 0) is 32.6 Å². The van der Waals surface area contributed by atoms with Gasteiger partial charge in [0, 0.05) is 24.0 Å². The molecule has 0 spiro atoms. The quantitative estimate of drug-likeness (QED) is 0.275. The lowest BCUT2D eigenvalue weighted by molar-refractivity contribution is -0.140. The van der Waals surface area contributed by atoms with E-state index in [-0.39, 0.29) is 30.6 Å². The van der Waals surface area contributed by atoms with Crippen LogP contribution in [0.5, 0.6) is 0 Å². The first-order chi connectivity index (χ1) is 19.5. The van der Waals surface area contributed by atoms with Crippen LogP contribution in [0.2, 0.25) is 15.1 Å². The lowest BCUT2D eigenvalue weighted by Crippen LogP contribution is -2.54. The Labute approximate surface area is 256 Å². The largest absolute Gasteiger partial charge is 0.352 e. The van der Waals surface area contributed by atoms with Crippen molar-refractivity contribution in [3.8, 4) is 0 Å². The number of nitrogens with zero attached hydrogens (tertiary/aromatic N) is 2. The van der Waals surface area contributed by atoms with Crippen molar-refractivity contribution in [1.29, 1.82) is 0 Å². The molecule has 0 bridgehead atoms. The average molecular weight is 637 g/mol. The molecular formula is C30H32Cl3N3O4S. The molecule has 41 heavy (non-hydrogen) atoms. The van der Waals surface area contributed by atoms with E-state index in [0.29, 0.717) is 20.6 Å². The zero-order chi connectivity index (χ0) is 29.6. The summed E-state index contributed by atoms with van der Waals surface area (Å²) >= 11 is 18.4. The number of hydrogen-bond acceptors (Lipinski definition) is 4. The summed E-state index contributed by atoms with van der Waals surface area (Å²) in [6.45, 7) is -0.493. The maximum atomic E-state index is 14.1. The Morgan fingerprint density at radius 3 is 2.17 bits per heavy atom. The number of nitrogens with one attached hydrogen (secondary N) is 1. The summed E-state index contributed by atoms with van der Waals surface area (Å²) in [4.78, 5) is 29.4. The van der Waals surface area contributed by atoms with Gasteiger partial charge in [-0.3, -0.25) is 13.9 Å². The van der Waals surface area contributed by atoms with Gasteiger partial charge in [0.2, 0.25) is 21.8 Å². The molecule has 1 saturated carbocycles. The van der Waals surface area contributed by atoms with Crippen LogP contribution in [-0.4, -0.2) is 50.0 Å². The topological polar surface area (TPSA) is 86.8 Å². The molecule has 0 heterocycles. The van der Waals surface area contributed by atoms with Gasteiger partial charge >= 0.3 is 0 Å². The first kappa shape index (κ1) is 31.2. The molecule has 1 aliphatic carbocycles. The fourth-order valence-corrected chi connectivity index (χ4v) is 6.27. The van der Waals surface area contributed by atoms with E-state index in [1.807, 2.05) is 30.3 Å².